The first-order valence-electron chi connectivity index (χ1n) is 10.8. The molecular formula is C23H32N4O2. The van der Waals surface area contributed by atoms with E-state index in [-0.39, 0.29) is 12.0 Å². The average Bonchev–Trinajstić information content (AvgIpc) is 3.09. The van der Waals surface area contributed by atoms with E-state index in [9.17, 15) is 4.79 Å². The number of benzene rings is 1. The van der Waals surface area contributed by atoms with E-state index in [4.69, 9.17) is 4.74 Å². The van der Waals surface area contributed by atoms with Gasteiger partial charge < -0.3 is 9.64 Å². The largest absolute Gasteiger partial charge is 0.375 e. The number of carbonyl (C=O) groups is 1. The van der Waals surface area contributed by atoms with Crippen LogP contribution in [-0.2, 0) is 18.3 Å². The first-order chi connectivity index (χ1) is 14.1. The Morgan fingerprint density at radius 2 is 1.66 bits per heavy atom. The van der Waals surface area contributed by atoms with Crippen LogP contribution in [0.15, 0.2) is 36.5 Å². The summed E-state index contributed by atoms with van der Waals surface area (Å²) in [5.74, 6) is 0.100. The normalized spacial score (nSPS) is 19.6. The number of nitrogens with zero attached hydrogens (tertiary/aromatic N) is 4. The van der Waals surface area contributed by atoms with E-state index in [0.29, 0.717) is 6.10 Å². The van der Waals surface area contributed by atoms with Crippen LogP contribution in [0.2, 0.25) is 0 Å². The summed E-state index contributed by atoms with van der Waals surface area (Å²) in [5, 5.41) is 4.20. The van der Waals surface area contributed by atoms with Gasteiger partial charge in [0.25, 0.3) is 5.91 Å². The molecule has 1 aromatic carbocycles. The van der Waals surface area contributed by atoms with E-state index in [2.05, 4.69) is 40.3 Å². The van der Waals surface area contributed by atoms with Crippen molar-refractivity contribution in [3.63, 3.8) is 0 Å². The molecule has 3 heterocycles. The van der Waals surface area contributed by atoms with E-state index < -0.39 is 0 Å². The molecule has 2 aliphatic rings. The number of aryl methyl sites for hydroxylation is 1. The van der Waals surface area contributed by atoms with Crippen molar-refractivity contribution in [3.05, 3.63) is 53.3 Å². The van der Waals surface area contributed by atoms with Crippen molar-refractivity contribution >= 4 is 5.91 Å². The second kappa shape index (κ2) is 9.09. The van der Waals surface area contributed by atoms with Crippen LogP contribution in [0.3, 0.4) is 0 Å². The lowest BCUT2D eigenvalue weighted by Gasteiger charge is -2.37. The maximum absolute atomic E-state index is 12.7. The van der Waals surface area contributed by atoms with Gasteiger partial charge in [0.05, 0.1) is 24.0 Å². The summed E-state index contributed by atoms with van der Waals surface area (Å²) in [5.41, 5.74) is 3.03. The highest BCUT2D eigenvalue weighted by Gasteiger charge is 2.29. The molecule has 1 aromatic heterocycles. The molecule has 156 valence electrons. The fourth-order valence-electron chi connectivity index (χ4n) is 4.39. The van der Waals surface area contributed by atoms with Gasteiger partial charge in [0.2, 0.25) is 0 Å². The van der Waals surface area contributed by atoms with Gasteiger partial charge in [-0.2, -0.15) is 5.10 Å². The highest BCUT2D eigenvalue weighted by molar-refractivity contribution is 5.95. The monoisotopic (exact) mass is 396 g/mol. The number of amides is 1. The van der Waals surface area contributed by atoms with Gasteiger partial charge >= 0.3 is 0 Å². The van der Waals surface area contributed by atoms with E-state index in [1.807, 2.05) is 18.9 Å². The van der Waals surface area contributed by atoms with E-state index in [1.165, 1.54) is 5.56 Å². The summed E-state index contributed by atoms with van der Waals surface area (Å²) in [7, 11) is 1.87. The fourth-order valence-corrected chi connectivity index (χ4v) is 4.39. The SMILES string of the molecule is Cc1c(C(=O)N2CCC(OC3CCN(Cc4ccccc4)CC3)CC2)cnn1C. The summed E-state index contributed by atoms with van der Waals surface area (Å²) >= 11 is 0. The molecule has 0 radical (unpaired) electrons. The van der Waals surface area contributed by atoms with Crippen LogP contribution < -0.4 is 0 Å². The quantitative estimate of drug-likeness (QED) is 0.780. The molecule has 2 saturated heterocycles. The first kappa shape index (κ1) is 20.1. The molecule has 0 bridgehead atoms. The van der Waals surface area contributed by atoms with Gasteiger partial charge in [-0.1, -0.05) is 30.3 Å². The molecule has 29 heavy (non-hydrogen) atoms. The van der Waals surface area contributed by atoms with Crippen LogP contribution in [-0.4, -0.2) is 63.9 Å². The van der Waals surface area contributed by atoms with Crippen LogP contribution in [0.25, 0.3) is 0 Å². The molecule has 6 nitrogen and oxygen atoms in total. The van der Waals surface area contributed by atoms with Gasteiger partial charge in [0.15, 0.2) is 0 Å². The van der Waals surface area contributed by atoms with Crippen molar-refractivity contribution in [2.24, 2.45) is 7.05 Å². The number of hydrogen-bond acceptors (Lipinski definition) is 4. The zero-order chi connectivity index (χ0) is 20.2. The second-order valence-corrected chi connectivity index (χ2v) is 8.36. The van der Waals surface area contributed by atoms with E-state index >= 15 is 0 Å². The van der Waals surface area contributed by atoms with Gasteiger partial charge in [-0.05, 0) is 38.2 Å². The Kier molecular flexibility index (Phi) is 6.31. The van der Waals surface area contributed by atoms with Crippen LogP contribution in [0.5, 0.6) is 0 Å². The molecule has 6 heteroatoms. The van der Waals surface area contributed by atoms with Crippen molar-refractivity contribution < 1.29 is 9.53 Å². The third kappa shape index (κ3) is 4.87. The van der Waals surface area contributed by atoms with E-state index in [1.54, 1.807) is 10.9 Å². The average molecular weight is 397 g/mol. The molecule has 4 rings (SSSR count). The lowest BCUT2D eigenvalue weighted by molar-refractivity contribution is -0.0629. The van der Waals surface area contributed by atoms with E-state index in [0.717, 1.165) is 69.7 Å². The topological polar surface area (TPSA) is 50.6 Å². The number of rotatable bonds is 5. The summed E-state index contributed by atoms with van der Waals surface area (Å²) in [6, 6.07) is 10.7. The molecule has 1 amide bonds. The van der Waals surface area contributed by atoms with Crippen molar-refractivity contribution in [2.75, 3.05) is 26.2 Å². The minimum Gasteiger partial charge on any atom is -0.375 e. The maximum atomic E-state index is 12.7. The molecule has 0 spiro atoms. The van der Waals surface area contributed by atoms with Crippen LogP contribution in [0, 0.1) is 6.92 Å². The Bertz CT molecular complexity index is 804. The molecule has 0 unspecified atom stereocenters. The number of likely N-dealkylation sites (tertiary alicyclic amines) is 2. The third-order valence-electron chi connectivity index (χ3n) is 6.36. The van der Waals surface area contributed by atoms with Gasteiger partial charge in [-0.15, -0.1) is 0 Å². The number of piperidine rings is 2. The zero-order valence-electron chi connectivity index (χ0n) is 17.6. The summed E-state index contributed by atoms with van der Waals surface area (Å²) in [6.07, 6.45) is 6.37. The molecule has 0 aliphatic carbocycles. The zero-order valence-corrected chi connectivity index (χ0v) is 17.6. The highest BCUT2D eigenvalue weighted by atomic mass is 16.5. The van der Waals surface area contributed by atoms with Gasteiger partial charge in [0.1, 0.15) is 0 Å². The third-order valence-corrected chi connectivity index (χ3v) is 6.36. The number of hydrogen-bond donors (Lipinski definition) is 0. The van der Waals surface area contributed by atoms with Crippen LogP contribution >= 0.6 is 0 Å². The Labute approximate surface area is 173 Å². The Balaban J connectivity index is 1.19. The predicted octanol–water partition coefficient (Wildman–Crippen LogP) is 3.01. The highest BCUT2D eigenvalue weighted by Crippen LogP contribution is 2.23. The predicted molar refractivity (Wildman–Crippen MR) is 113 cm³/mol. The Hall–Kier alpha value is -2.18. The van der Waals surface area contributed by atoms with Crippen molar-refractivity contribution in [2.45, 2.75) is 51.4 Å². The number of ether oxygens (including phenoxy) is 1. The lowest BCUT2D eigenvalue weighted by Crippen LogP contribution is -2.43. The number of aromatic nitrogens is 2. The fraction of sp³-hybridized carbons (Fsp3) is 0.565. The Morgan fingerprint density at radius 1 is 1.03 bits per heavy atom. The first-order valence-corrected chi connectivity index (χ1v) is 10.8. The molecule has 2 aliphatic heterocycles. The smallest absolute Gasteiger partial charge is 0.257 e. The van der Waals surface area contributed by atoms with Crippen molar-refractivity contribution in [1.29, 1.82) is 0 Å². The van der Waals surface area contributed by atoms with Crippen molar-refractivity contribution in [1.82, 2.24) is 19.6 Å². The molecule has 0 atom stereocenters. The Morgan fingerprint density at radius 3 is 2.24 bits per heavy atom. The van der Waals surface area contributed by atoms with Gasteiger partial charge in [-0.25, -0.2) is 0 Å². The minimum absolute atomic E-state index is 0.100. The summed E-state index contributed by atoms with van der Waals surface area (Å²) in [4.78, 5) is 17.2. The minimum atomic E-state index is 0.100. The summed E-state index contributed by atoms with van der Waals surface area (Å²) in [6.45, 7) is 6.70. The molecule has 2 fully saturated rings. The number of carbonyl (C=O) groups excluding carboxylic acids is 1. The van der Waals surface area contributed by atoms with Crippen molar-refractivity contribution in [3.8, 4) is 0 Å². The van der Waals surface area contributed by atoms with Crippen LogP contribution in [0.1, 0.15) is 47.3 Å². The second-order valence-electron chi connectivity index (χ2n) is 8.36. The molecule has 0 N–H and O–H groups in total. The standard InChI is InChI=1S/C23H32N4O2/c1-18-22(16-24-25(18)2)23(28)27-14-10-21(11-15-27)29-20-8-12-26(13-9-20)17-19-6-4-3-5-7-19/h3-7,16,20-21H,8-15,17H2,1-2H3. The molecular weight excluding hydrogens is 364 g/mol. The summed E-state index contributed by atoms with van der Waals surface area (Å²) < 4.78 is 8.17. The van der Waals surface area contributed by atoms with Gasteiger partial charge in [-0.3, -0.25) is 14.4 Å². The maximum Gasteiger partial charge on any atom is 0.257 e. The van der Waals surface area contributed by atoms with Crippen LogP contribution in [0.4, 0.5) is 0 Å². The molecule has 2 aromatic rings. The molecule has 0 saturated carbocycles. The van der Waals surface area contributed by atoms with Gasteiger partial charge in [0, 0.05) is 45.5 Å². The lowest BCUT2D eigenvalue weighted by atomic mass is 10.0.